The Morgan fingerprint density at radius 3 is 2.42 bits per heavy atom. The van der Waals surface area contributed by atoms with Crippen LogP contribution in [0.1, 0.15) is 16.2 Å². The minimum absolute atomic E-state index is 0.00895. The number of oxazole rings is 1. The molecule has 0 saturated carbocycles. The number of aromatic carboxylic acids is 1. The molecule has 2 heterocycles. The fourth-order valence-corrected chi connectivity index (χ4v) is 2.71. The Morgan fingerprint density at radius 2 is 2.05 bits per heavy atom. The van der Waals surface area contributed by atoms with E-state index < -0.39 is 29.5 Å². The Hall–Kier alpha value is -1.25. The summed E-state index contributed by atoms with van der Waals surface area (Å²) < 4.78 is 42.7. The van der Waals surface area contributed by atoms with Gasteiger partial charge in [0, 0.05) is 0 Å². The molecule has 4 nitrogen and oxygen atoms in total. The van der Waals surface area contributed by atoms with Gasteiger partial charge in [0.2, 0.25) is 11.7 Å². The van der Waals surface area contributed by atoms with Crippen molar-refractivity contribution >= 4 is 40.5 Å². The lowest BCUT2D eigenvalue weighted by atomic mass is 10.3. The molecular weight excluding hydrogens is 330 g/mol. The lowest BCUT2D eigenvalue weighted by molar-refractivity contribution is -0.141. The van der Waals surface area contributed by atoms with E-state index in [0.717, 1.165) is 11.3 Å². The molecule has 10 heteroatoms. The standard InChI is InChI=1S/C9H2Cl2F3NO3S/c10-3-1-2(6(11)19-3)7-15-5(9(12,13)14)4(18-7)8(16)17/h1H,(H,16,17). The SMILES string of the molecule is O=C(O)c1oc(-c2cc(Cl)sc2Cl)nc1C(F)(F)F. The number of thiophene rings is 1. The van der Waals surface area contributed by atoms with Crippen molar-refractivity contribution in [1.82, 2.24) is 4.98 Å². The van der Waals surface area contributed by atoms with Gasteiger partial charge in [-0.1, -0.05) is 23.2 Å². The molecular formula is C9H2Cl2F3NO3S. The molecule has 19 heavy (non-hydrogen) atoms. The van der Waals surface area contributed by atoms with Crippen molar-refractivity contribution in [3.05, 3.63) is 26.2 Å². The number of rotatable bonds is 2. The van der Waals surface area contributed by atoms with Gasteiger partial charge in [-0.25, -0.2) is 9.78 Å². The molecule has 0 aliphatic carbocycles. The van der Waals surface area contributed by atoms with Crippen LogP contribution in [0.3, 0.4) is 0 Å². The second kappa shape index (κ2) is 4.69. The van der Waals surface area contributed by atoms with Crippen molar-refractivity contribution in [2.24, 2.45) is 0 Å². The minimum Gasteiger partial charge on any atom is -0.475 e. The number of aromatic nitrogens is 1. The van der Waals surface area contributed by atoms with Gasteiger partial charge < -0.3 is 9.52 Å². The largest absolute Gasteiger partial charge is 0.475 e. The molecule has 0 saturated heterocycles. The van der Waals surface area contributed by atoms with Crippen LogP contribution in [0.4, 0.5) is 13.2 Å². The molecule has 0 atom stereocenters. The van der Waals surface area contributed by atoms with Crippen LogP contribution in [0, 0.1) is 0 Å². The predicted molar refractivity (Wildman–Crippen MR) is 61.8 cm³/mol. The van der Waals surface area contributed by atoms with Crippen LogP contribution in [0.15, 0.2) is 10.5 Å². The smallest absolute Gasteiger partial charge is 0.437 e. The third-order valence-corrected chi connectivity index (χ3v) is 3.46. The van der Waals surface area contributed by atoms with Crippen LogP contribution in [0.25, 0.3) is 11.5 Å². The minimum atomic E-state index is -4.94. The summed E-state index contributed by atoms with van der Waals surface area (Å²) in [4.78, 5) is 13.9. The van der Waals surface area contributed by atoms with Crippen LogP contribution >= 0.6 is 34.5 Å². The first kappa shape index (κ1) is 14.2. The summed E-state index contributed by atoms with van der Waals surface area (Å²) in [5.74, 6) is -3.71. The Balaban J connectivity index is 2.61. The molecule has 2 aromatic heterocycles. The van der Waals surface area contributed by atoms with Gasteiger partial charge in [-0.3, -0.25) is 0 Å². The second-order valence-corrected chi connectivity index (χ2v) is 5.52. The maximum absolute atomic E-state index is 12.6. The third kappa shape index (κ3) is 2.70. The molecule has 1 N–H and O–H groups in total. The van der Waals surface area contributed by atoms with Gasteiger partial charge in [0.05, 0.1) is 9.90 Å². The monoisotopic (exact) mass is 331 g/mol. The van der Waals surface area contributed by atoms with E-state index in [4.69, 9.17) is 28.3 Å². The summed E-state index contributed by atoms with van der Waals surface area (Å²) >= 11 is 12.3. The molecule has 0 aromatic carbocycles. The number of carboxylic acid groups (broad SMARTS) is 1. The lowest BCUT2D eigenvalue weighted by Gasteiger charge is -2.00. The van der Waals surface area contributed by atoms with Crippen molar-refractivity contribution < 1.29 is 27.5 Å². The average molecular weight is 332 g/mol. The molecule has 102 valence electrons. The number of nitrogens with zero attached hydrogens (tertiary/aromatic N) is 1. The number of alkyl halides is 3. The molecule has 0 bridgehead atoms. The van der Waals surface area contributed by atoms with Gasteiger partial charge in [0.25, 0.3) is 0 Å². The molecule has 0 aliphatic rings. The van der Waals surface area contributed by atoms with Gasteiger partial charge in [-0.15, -0.1) is 11.3 Å². The summed E-state index contributed by atoms with van der Waals surface area (Å²) in [7, 11) is 0. The number of carbonyl (C=O) groups is 1. The molecule has 0 spiro atoms. The van der Waals surface area contributed by atoms with Crippen LogP contribution < -0.4 is 0 Å². The molecule has 0 unspecified atom stereocenters. The predicted octanol–water partition coefficient (Wildman–Crippen LogP) is 4.43. The summed E-state index contributed by atoms with van der Waals surface area (Å²) in [6.45, 7) is 0. The maximum Gasteiger partial charge on any atom is 0.437 e. The van der Waals surface area contributed by atoms with Gasteiger partial charge in [-0.05, 0) is 6.07 Å². The molecule has 0 fully saturated rings. The van der Waals surface area contributed by atoms with Gasteiger partial charge in [-0.2, -0.15) is 13.2 Å². The second-order valence-electron chi connectivity index (χ2n) is 3.24. The highest BCUT2D eigenvalue weighted by Crippen LogP contribution is 2.40. The first-order valence-electron chi connectivity index (χ1n) is 4.46. The number of carboxylic acids is 1. The van der Waals surface area contributed by atoms with Crippen molar-refractivity contribution in [2.75, 3.05) is 0 Å². The molecule has 2 aromatic rings. The molecule has 0 amide bonds. The van der Waals surface area contributed by atoms with E-state index in [1.54, 1.807) is 0 Å². The van der Waals surface area contributed by atoms with Crippen molar-refractivity contribution in [3.8, 4) is 11.5 Å². The quantitative estimate of drug-likeness (QED) is 0.884. The summed E-state index contributed by atoms with van der Waals surface area (Å²) in [6, 6.07) is 1.24. The van der Waals surface area contributed by atoms with Gasteiger partial charge in [0.15, 0.2) is 5.69 Å². The van der Waals surface area contributed by atoms with E-state index in [0.29, 0.717) is 0 Å². The van der Waals surface area contributed by atoms with Crippen LogP contribution in [0.5, 0.6) is 0 Å². The maximum atomic E-state index is 12.6. The topological polar surface area (TPSA) is 63.3 Å². The highest BCUT2D eigenvalue weighted by atomic mass is 35.5. The van der Waals surface area contributed by atoms with Crippen LogP contribution in [-0.2, 0) is 6.18 Å². The third-order valence-electron chi connectivity index (χ3n) is 1.98. The first-order valence-corrected chi connectivity index (χ1v) is 6.04. The molecule has 0 radical (unpaired) electrons. The fraction of sp³-hybridized carbons (Fsp3) is 0.111. The summed E-state index contributed by atoms with van der Waals surface area (Å²) in [5.41, 5.74) is -1.61. The Bertz CT molecular complexity index is 650. The summed E-state index contributed by atoms with van der Waals surface area (Å²) in [5, 5.41) is 8.67. The zero-order valence-corrected chi connectivity index (χ0v) is 10.9. The van der Waals surface area contributed by atoms with E-state index in [2.05, 4.69) is 9.40 Å². The number of hydrogen-bond donors (Lipinski definition) is 1. The normalized spacial score (nSPS) is 11.8. The van der Waals surface area contributed by atoms with E-state index in [1.807, 2.05) is 0 Å². The number of hydrogen-bond acceptors (Lipinski definition) is 4. The number of halogens is 5. The van der Waals surface area contributed by atoms with Crippen molar-refractivity contribution in [2.45, 2.75) is 6.18 Å². The van der Waals surface area contributed by atoms with E-state index >= 15 is 0 Å². The zero-order chi connectivity index (χ0) is 14.4. The van der Waals surface area contributed by atoms with Crippen LogP contribution in [-0.4, -0.2) is 16.1 Å². The Morgan fingerprint density at radius 1 is 1.42 bits per heavy atom. The van der Waals surface area contributed by atoms with Crippen molar-refractivity contribution in [3.63, 3.8) is 0 Å². The zero-order valence-electron chi connectivity index (χ0n) is 8.59. The first-order chi connectivity index (χ1) is 8.70. The highest BCUT2D eigenvalue weighted by molar-refractivity contribution is 7.20. The lowest BCUT2D eigenvalue weighted by Crippen LogP contribution is -2.11. The van der Waals surface area contributed by atoms with E-state index in [9.17, 15) is 18.0 Å². The van der Waals surface area contributed by atoms with Crippen LogP contribution in [0.2, 0.25) is 8.67 Å². The summed E-state index contributed by atoms with van der Waals surface area (Å²) in [6.07, 6.45) is -4.94. The fourth-order valence-electron chi connectivity index (χ4n) is 1.26. The molecule has 0 aliphatic heterocycles. The average Bonchev–Trinajstić information content (AvgIpc) is 2.80. The van der Waals surface area contributed by atoms with Crippen molar-refractivity contribution in [1.29, 1.82) is 0 Å². The van der Waals surface area contributed by atoms with Gasteiger partial charge in [0.1, 0.15) is 4.34 Å². The van der Waals surface area contributed by atoms with Gasteiger partial charge >= 0.3 is 12.1 Å². The Kier molecular flexibility index (Phi) is 3.50. The van der Waals surface area contributed by atoms with E-state index in [-0.39, 0.29) is 14.2 Å². The Labute approximate surface area is 117 Å². The molecule has 2 rings (SSSR count). The highest BCUT2D eigenvalue weighted by Gasteiger charge is 2.41. The van der Waals surface area contributed by atoms with E-state index in [1.165, 1.54) is 6.07 Å².